The maximum Gasteiger partial charge on any atom is 0.273 e. The molecule has 0 spiro atoms. The predicted molar refractivity (Wildman–Crippen MR) is 62.9 cm³/mol. The first kappa shape index (κ1) is 11.5. The highest BCUT2D eigenvalue weighted by Crippen LogP contribution is 2.26. The van der Waals surface area contributed by atoms with E-state index >= 15 is 0 Å². The molecule has 0 aliphatic carbocycles. The van der Waals surface area contributed by atoms with Gasteiger partial charge in [0.1, 0.15) is 11.5 Å². The first-order chi connectivity index (χ1) is 8.20. The summed E-state index contributed by atoms with van der Waals surface area (Å²) in [7, 11) is 1.55. The highest BCUT2D eigenvalue weighted by molar-refractivity contribution is 6.31. The van der Waals surface area contributed by atoms with E-state index in [4.69, 9.17) is 21.1 Å². The van der Waals surface area contributed by atoms with Gasteiger partial charge < -0.3 is 14.5 Å². The molecule has 1 aromatic heterocycles. The fourth-order valence-electron chi connectivity index (χ4n) is 1.21. The molecule has 1 heterocycles. The zero-order valence-corrected chi connectivity index (χ0v) is 9.69. The number of aromatic nitrogens is 2. The molecule has 17 heavy (non-hydrogen) atoms. The summed E-state index contributed by atoms with van der Waals surface area (Å²) in [4.78, 5) is 17.4. The van der Waals surface area contributed by atoms with E-state index in [1.165, 1.54) is 6.33 Å². The molecule has 0 saturated carbocycles. The molecule has 0 unspecified atom stereocenters. The maximum atomic E-state index is 11.2. The summed E-state index contributed by atoms with van der Waals surface area (Å²) in [6.45, 7) is 0. The maximum absolute atomic E-state index is 11.2. The van der Waals surface area contributed by atoms with Crippen molar-refractivity contribution >= 4 is 11.6 Å². The van der Waals surface area contributed by atoms with Gasteiger partial charge in [-0.1, -0.05) is 17.7 Å². The van der Waals surface area contributed by atoms with Crippen LogP contribution >= 0.6 is 11.6 Å². The van der Waals surface area contributed by atoms with Gasteiger partial charge in [0.25, 0.3) is 5.56 Å². The van der Waals surface area contributed by atoms with Crippen molar-refractivity contribution in [2.45, 2.75) is 0 Å². The molecule has 0 aliphatic heterocycles. The molecule has 0 atom stereocenters. The first-order valence-electron chi connectivity index (χ1n) is 4.76. The van der Waals surface area contributed by atoms with Gasteiger partial charge in [0.15, 0.2) is 5.02 Å². The van der Waals surface area contributed by atoms with Crippen molar-refractivity contribution in [3.8, 4) is 17.4 Å². The monoisotopic (exact) mass is 252 g/mol. The smallest absolute Gasteiger partial charge is 0.273 e. The van der Waals surface area contributed by atoms with Crippen LogP contribution in [-0.2, 0) is 0 Å². The second kappa shape index (κ2) is 4.88. The zero-order chi connectivity index (χ0) is 12.3. The summed E-state index contributed by atoms with van der Waals surface area (Å²) < 4.78 is 10.4. The number of H-pyrrole nitrogens is 1. The summed E-state index contributed by atoms with van der Waals surface area (Å²) in [6.07, 6.45) is 1.23. The summed E-state index contributed by atoms with van der Waals surface area (Å²) in [5.74, 6) is 1.19. The quantitative estimate of drug-likeness (QED) is 0.910. The first-order valence-corrected chi connectivity index (χ1v) is 5.13. The Morgan fingerprint density at radius 3 is 2.88 bits per heavy atom. The number of hydrogen-bond acceptors (Lipinski definition) is 4. The van der Waals surface area contributed by atoms with Crippen LogP contribution in [0.3, 0.4) is 0 Å². The number of rotatable bonds is 3. The van der Waals surface area contributed by atoms with Crippen LogP contribution in [-0.4, -0.2) is 17.1 Å². The van der Waals surface area contributed by atoms with Crippen molar-refractivity contribution in [3.05, 3.63) is 46.0 Å². The van der Waals surface area contributed by atoms with Crippen molar-refractivity contribution < 1.29 is 9.47 Å². The van der Waals surface area contributed by atoms with Crippen LogP contribution in [0.1, 0.15) is 0 Å². The van der Waals surface area contributed by atoms with Gasteiger partial charge in [-0.2, -0.15) is 0 Å². The van der Waals surface area contributed by atoms with Gasteiger partial charge in [-0.05, 0) is 12.1 Å². The zero-order valence-electron chi connectivity index (χ0n) is 8.94. The third-order valence-electron chi connectivity index (χ3n) is 2.02. The van der Waals surface area contributed by atoms with E-state index < -0.39 is 5.56 Å². The lowest BCUT2D eigenvalue weighted by atomic mass is 10.3. The van der Waals surface area contributed by atoms with Crippen molar-refractivity contribution in [2.24, 2.45) is 0 Å². The van der Waals surface area contributed by atoms with Crippen LogP contribution in [0.5, 0.6) is 17.4 Å². The number of benzene rings is 1. The van der Waals surface area contributed by atoms with Crippen molar-refractivity contribution in [3.63, 3.8) is 0 Å². The van der Waals surface area contributed by atoms with Crippen LogP contribution in [0.15, 0.2) is 35.4 Å². The molecular formula is C11H9ClN2O3. The molecule has 88 valence electrons. The Morgan fingerprint density at radius 2 is 2.12 bits per heavy atom. The number of methoxy groups -OCH3 is 1. The Labute approximate surface area is 102 Å². The SMILES string of the molecule is COc1cccc(Oc2nc[nH]c(=O)c2Cl)c1. The molecular weight excluding hydrogens is 244 g/mol. The standard InChI is InChI=1S/C11H9ClN2O3/c1-16-7-3-2-4-8(5-7)17-11-9(12)10(15)13-6-14-11/h2-6H,1H3,(H,13,14,15). The Bertz CT molecular complexity index is 583. The summed E-state index contributed by atoms with van der Waals surface area (Å²) >= 11 is 5.75. The highest BCUT2D eigenvalue weighted by Gasteiger charge is 2.08. The summed E-state index contributed by atoms with van der Waals surface area (Å²) in [5.41, 5.74) is -0.445. The Hall–Kier alpha value is -2.01. The molecule has 0 fully saturated rings. The topological polar surface area (TPSA) is 64.2 Å². The average molecular weight is 253 g/mol. The van der Waals surface area contributed by atoms with Gasteiger partial charge in [0, 0.05) is 6.07 Å². The normalized spacial score (nSPS) is 10.0. The van der Waals surface area contributed by atoms with Gasteiger partial charge >= 0.3 is 0 Å². The van der Waals surface area contributed by atoms with Crippen LogP contribution < -0.4 is 15.0 Å². The average Bonchev–Trinajstić information content (AvgIpc) is 2.35. The van der Waals surface area contributed by atoms with E-state index in [0.29, 0.717) is 11.5 Å². The van der Waals surface area contributed by atoms with Gasteiger partial charge in [-0.3, -0.25) is 4.79 Å². The van der Waals surface area contributed by atoms with Gasteiger partial charge in [0.05, 0.1) is 13.4 Å². The van der Waals surface area contributed by atoms with Crippen LogP contribution in [0.4, 0.5) is 0 Å². The molecule has 1 aromatic carbocycles. The largest absolute Gasteiger partial charge is 0.497 e. The lowest BCUT2D eigenvalue weighted by Crippen LogP contribution is -2.07. The van der Waals surface area contributed by atoms with E-state index in [9.17, 15) is 4.79 Å². The molecule has 0 bridgehead atoms. The second-order valence-corrected chi connectivity index (χ2v) is 3.51. The van der Waals surface area contributed by atoms with E-state index in [2.05, 4.69) is 9.97 Å². The molecule has 0 aliphatic rings. The molecule has 2 aromatic rings. The third-order valence-corrected chi connectivity index (χ3v) is 2.35. The molecule has 1 N–H and O–H groups in total. The van der Waals surface area contributed by atoms with Crippen LogP contribution in [0.25, 0.3) is 0 Å². The minimum absolute atomic E-state index is 0.0590. The molecule has 6 heteroatoms. The number of nitrogens with one attached hydrogen (secondary N) is 1. The lowest BCUT2D eigenvalue weighted by Gasteiger charge is -2.06. The number of hydrogen-bond donors (Lipinski definition) is 1. The summed E-state index contributed by atoms with van der Waals surface area (Å²) in [6, 6.07) is 6.91. The molecule has 0 saturated heterocycles. The number of ether oxygens (including phenoxy) is 2. The van der Waals surface area contributed by atoms with E-state index in [1.54, 1.807) is 31.4 Å². The number of aromatic amines is 1. The fourth-order valence-corrected chi connectivity index (χ4v) is 1.36. The fraction of sp³-hybridized carbons (Fsp3) is 0.0909. The third kappa shape index (κ3) is 2.57. The van der Waals surface area contributed by atoms with Crippen molar-refractivity contribution in [1.29, 1.82) is 0 Å². The van der Waals surface area contributed by atoms with E-state index in [0.717, 1.165) is 0 Å². The van der Waals surface area contributed by atoms with Gasteiger partial charge in [0.2, 0.25) is 5.88 Å². The number of halogens is 1. The molecule has 2 rings (SSSR count). The van der Waals surface area contributed by atoms with Gasteiger partial charge in [-0.15, -0.1) is 0 Å². The lowest BCUT2D eigenvalue weighted by molar-refractivity contribution is 0.407. The van der Waals surface area contributed by atoms with E-state index in [1.807, 2.05) is 0 Å². The molecule has 0 amide bonds. The predicted octanol–water partition coefficient (Wildman–Crippen LogP) is 2.22. The van der Waals surface area contributed by atoms with E-state index in [-0.39, 0.29) is 10.9 Å². The highest BCUT2D eigenvalue weighted by atomic mass is 35.5. The Morgan fingerprint density at radius 1 is 1.35 bits per heavy atom. The van der Waals surface area contributed by atoms with Crippen molar-refractivity contribution in [2.75, 3.05) is 7.11 Å². The van der Waals surface area contributed by atoms with Crippen LogP contribution in [0.2, 0.25) is 5.02 Å². The number of nitrogens with zero attached hydrogens (tertiary/aromatic N) is 1. The van der Waals surface area contributed by atoms with Gasteiger partial charge in [-0.25, -0.2) is 4.98 Å². The minimum Gasteiger partial charge on any atom is -0.497 e. The Balaban J connectivity index is 2.31. The summed E-state index contributed by atoms with van der Waals surface area (Å²) in [5, 5.41) is -0.0877. The second-order valence-electron chi connectivity index (χ2n) is 3.13. The van der Waals surface area contributed by atoms with Crippen LogP contribution in [0, 0.1) is 0 Å². The minimum atomic E-state index is -0.445. The van der Waals surface area contributed by atoms with Crippen molar-refractivity contribution in [1.82, 2.24) is 9.97 Å². The molecule has 5 nitrogen and oxygen atoms in total. The Kier molecular flexibility index (Phi) is 3.30. The molecule has 0 radical (unpaired) electrons.